The van der Waals surface area contributed by atoms with Gasteiger partial charge in [0.05, 0.1) is 17.7 Å². The second kappa shape index (κ2) is 13.8. The largest absolute Gasteiger partial charge is 0.395 e. The van der Waals surface area contributed by atoms with Crippen molar-refractivity contribution < 1.29 is 15.0 Å². The van der Waals surface area contributed by atoms with Crippen molar-refractivity contribution in [2.75, 3.05) is 49.5 Å². The van der Waals surface area contributed by atoms with Gasteiger partial charge >= 0.3 is 0 Å². The van der Waals surface area contributed by atoms with E-state index in [-0.39, 0.29) is 24.9 Å². The Morgan fingerprint density at radius 1 is 1.19 bits per heavy atom. The number of piperazine rings is 1. The van der Waals surface area contributed by atoms with Crippen LogP contribution in [0.5, 0.6) is 0 Å². The number of nitrogens with one attached hydrogen (secondary N) is 1. The Morgan fingerprint density at radius 3 is 2.54 bits per heavy atom. The molecular formula is C26H35ClN6O3S. The third-order valence-electron chi connectivity index (χ3n) is 5.64. The summed E-state index contributed by atoms with van der Waals surface area (Å²) in [4.78, 5) is 31.3. The maximum atomic E-state index is 12.8. The Kier molecular flexibility index (Phi) is 10.8. The number of thiazole rings is 1. The average Bonchev–Trinajstić information content (AvgIpc) is 3.30. The van der Waals surface area contributed by atoms with Crippen LogP contribution in [-0.2, 0) is 6.42 Å². The van der Waals surface area contributed by atoms with E-state index in [1.54, 1.807) is 26.1 Å². The molecular weight excluding hydrogens is 512 g/mol. The second-order valence-corrected chi connectivity index (χ2v) is 10.5. The van der Waals surface area contributed by atoms with E-state index in [9.17, 15) is 4.79 Å². The summed E-state index contributed by atoms with van der Waals surface area (Å²) in [7, 11) is 0. The van der Waals surface area contributed by atoms with E-state index in [1.807, 2.05) is 32.0 Å². The van der Waals surface area contributed by atoms with Gasteiger partial charge in [-0.15, -0.1) is 0 Å². The first-order chi connectivity index (χ1) is 17.7. The predicted octanol–water partition coefficient (Wildman–Crippen LogP) is 3.87. The van der Waals surface area contributed by atoms with Gasteiger partial charge in [0, 0.05) is 56.3 Å². The number of Topliss-reactive ketones (excluding diaryl/α,β-unsaturated/α-hetero) is 1. The van der Waals surface area contributed by atoms with Gasteiger partial charge in [-0.2, -0.15) is 0 Å². The molecule has 200 valence electrons. The van der Waals surface area contributed by atoms with Crippen molar-refractivity contribution in [2.24, 2.45) is 0 Å². The average molecular weight is 547 g/mol. The Bertz CT molecular complexity index is 1160. The first-order valence-electron chi connectivity index (χ1n) is 12.3. The lowest BCUT2D eigenvalue weighted by molar-refractivity contribution is 0.0996. The Balaban J connectivity index is 0.000000886. The maximum Gasteiger partial charge on any atom is 0.188 e. The molecule has 4 rings (SSSR count). The summed E-state index contributed by atoms with van der Waals surface area (Å²) in [5.74, 6) is 2.15. The molecule has 1 fully saturated rings. The number of anilines is 3. The van der Waals surface area contributed by atoms with Gasteiger partial charge in [0.1, 0.15) is 17.5 Å². The molecule has 0 amide bonds. The molecule has 3 heterocycles. The molecule has 0 aliphatic carbocycles. The smallest absolute Gasteiger partial charge is 0.188 e. The van der Waals surface area contributed by atoms with E-state index in [4.69, 9.17) is 21.8 Å². The van der Waals surface area contributed by atoms with Gasteiger partial charge in [-0.05, 0) is 44.9 Å². The van der Waals surface area contributed by atoms with Crippen molar-refractivity contribution in [1.82, 2.24) is 19.9 Å². The number of rotatable bonds is 8. The SMILES string of the molecule is CC(C)O.Cc1nc(Nc2ncc(C(=O)Cc3c(C)cccc3Cl)s2)cc(N2CCN(CCO)CC2)n1. The third kappa shape index (κ3) is 8.72. The lowest BCUT2D eigenvalue weighted by Crippen LogP contribution is -2.47. The van der Waals surface area contributed by atoms with Crippen LogP contribution in [0.15, 0.2) is 30.5 Å². The highest BCUT2D eigenvalue weighted by molar-refractivity contribution is 7.17. The number of aliphatic hydroxyl groups excluding tert-OH is 2. The summed E-state index contributed by atoms with van der Waals surface area (Å²) in [5.41, 5.74) is 1.85. The molecule has 1 saturated heterocycles. The third-order valence-corrected chi connectivity index (χ3v) is 6.95. The van der Waals surface area contributed by atoms with Crippen LogP contribution in [0.1, 0.15) is 40.5 Å². The highest BCUT2D eigenvalue weighted by Gasteiger charge is 2.19. The zero-order valence-corrected chi connectivity index (χ0v) is 23.3. The van der Waals surface area contributed by atoms with Gasteiger partial charge in [-0.3, -0.25) is 9.69 Å². The van der Waals surface area contributed by atoms with Crippen LogP contribution >= 0.6 is 22.9 Å². The first-order valence-corrected chi connectivity index (χ1v) is 13.5. The van der Waals surface area contributed by atoms with E-state index in [1.165, 1.54) is 11.3 Å². The fraction of sp³-hybridized carbons (Fsp3) is 0.462. The summed E-state index contributed by atoms with van der Waals surface area (Å²) in [6.07, 6.45) is 1.67. The fourth-order valence-corrected chi connectivity index (χ4v) is 4.88. The Morgan fingerprint density at radius 2 is 1.89 bits per heavy atom. The molecule has 0 radical (unpaired) electrons. The maximum absolute atomic E-state index is 12.8. The number of hydrogen-bond donors (Lipinski definition) is 3. The second-order valence-electron chi connectivity index (χ2n) is 9.09. The number of hydrogen-bond acceptors (Lipinski definition) is 10. The van der Waals surface area contributed by atoms with Gasteiger partial charge in [0.25, 0.3) is 0 Å². The van der Waals surface area contributed by atoms with Crippen LogP contribution in [-0.4, -0.2) is 81.3 Å². The number of carbonyl (C=O) groups excluding carboxylic acids is 1. The van der Waals surface area contributed by atoms with Crippen LogP contribution in [0.3, 0.4) is 0 Å². The highest BCUT2D eigenvalue weighted by atomic mass is 35.5. The van der Waals surface area contributed by atoms with Crippen LogP contribution in [0.25, 0.3) is 0 Å². The Hall–Kier alpha value is -2.63. The van der Waals surface area contributed by atoms with Crippen molar-refractivity contribution in [3.05, 3.63) is 57.3 Å². The monoisotopic (exact) mass is 546 g/mol. The topological polar surface area (TPSA) is 115 Å². The lowest BCUT2D eigenvalue weighted by Gasteiger charge is -2.35. The summed E-state index contributed by atoms with van der Waals surface area (Å²) in [6, 6.07) is 7.55. The molecule has 0 spiro atoms. The van der Waals surface area contributed by atoms with Crippen molar-refractivity contribution >= 4 is 45.5 Å². The molecule has 37 heavy (non-hydrogen) atoms. The number of aromatic nitrogens is 3. The Labute approximate surface area is 227 Å². The molecule has 0 unspecified atom stereocenters. The molecule has 3 aromatic rings. The number of carbonyl (C=O) groups is 1. The van der Waals surface area contributed by atoms with Crippen molar-refractivity contribution in [3.8, 4) is 0 Å². The van der Waals surface area contributed by atoms with Gasteiger partial charge in [0.2, 0.25) is 0 Å². The van der Waals surface area contributed by atoms with Crippen molar-refractivity contribution in [3.63, 3.8) is 0 Å². The number of halogens is 1. The molecule has 1 aliphatic heterocycles. The summed E-state index contributed by atoms with van der Waals surface area (Å²) < 4.78 is 0. The fourth-order valence-electron chi connectivity index (χ4n) is 3.83. The minimum atomic E-state index is -0.167. The number of aryl methyl sites for hydroxylation is 2. The first kappa shape index (κ1) is 28.9. The van der Waals surface area contributed by atoms with E-state index >= 15 is 0 Å². The van der Waals surface area contributed by atoms with Gasteiger partial charge < -0.3 is 20.4 Å². The quantitative estimate of drug-likeness (QED) is 0.362. The van der Waals surface area contributed by atoms with Gasteiger partial charge in [-0.1, -0.05) is 35.1 Å². The van der Waals surface area contributed by atoms with Crippen LogP contribution in [0.2, 0.25) is 5.02 Å². The molecule has 0 atom stereocenters. The summed E-state index contributed by atoms with van der Waals surface area (Å²) in [6.45, 7) is 11.6. The molecule has 9 nitrogen and oxygen atoms in total. The number of aliphatic hydroxyl groups is 2. The van der Waals surface area contributed by atoms with Crippen LogP contribution in [0.4, 0.5) is 16.8 Å². The molecule has 3 N–H and O–H groups in total. The van der Waals surface area contributed by atoms with E-state index in [0.717, 1.165) is 43.1 Å². The molecule has 0 saturated carbocycles. The zero-order valence-electron chi connectivity index (χ0n) is 21.7. The standard InChI is InChI=1S/C23H27ClN6O2S.C3H8O/c1-15-4-3-5-18(24)17(15)12-19(32)20-14-25-23(33-20)28-21-13-22(27-16(2)26-21)30-8-6-29(7-9-30)10-11-31;1-3(2)4/h3-5,13-14,31H,6-12H2,1-2H3,(H,25,26,27,28);3-4H,1-2H3. The minimum absolute atomic E-state index is 0.0166. The predicted molar refractivity (Wildman–Crippen MR) is 149 cm³/mol. The number of ketones is 1. The van der Waals surface area contributed by atoms with Gasteiger partial charge in [-0.25, -0.2) is 15.0 Å². The molecule has 1 aliphatic rings. The number of benzene rings is 1. The molecule has 11 heteroatoms. The molecule has 2 aromatic heterocycles. The highest BCUT2D eigenvalue weighted by Crippen LogP contribution is 2.27. The number of β-amino-alcohol motifs (C(OH)–C–C–N with tert-alkyl or cyclic N) is 1. The van der Waals surface area contributed by atoms with E-state index < -0.39 is 0 Å². The zero-order chi connectivity index (χ0) is 26.9. The van der Waals surface area contributed by atoms with E-state index in [0.29, 0.717) is 33.2 Å². The summed E-state index contributed by atoms with van der Waals surface area (Å²) >= 11 is 7.58. The minimum Gasteiger partial charge on any atom is -0.395 e. The number of nitrogens with zero attached hydrogens (tertiary/aromatic N) is 5. The normalized spacial score (nSPS) is 13.9. The molecule has 0 bridgehead atoms. The lowest BCUT2D eigenvalue weighted by atomic mass is 10.0. The van der Waals surface area contributed by atoms with Crippen LogP contribution < -0.4 is 10.2 Å². The van der Waals surface area contributed by atoms with E-state index in [2.05, 4.69) is 30.1 Å². The van der Waals surface area contributed by atoms with Crippen LogP contribution in [0, 0.1) is 13.8 Å². The van der Waals surface area contributed by atoms with Crippen molar-refractivity contribution in [2.45, 2.75) is 40.2 Å². The molecule has 1 aromatic carbocycles. The van der Waals surface area contributed by atoms with Gasteiger partial charge in [0.15, 0.2) is 10.9 Å². The summed E-state index contributed by atoms with van der Waals surface area (Å²) in [5, 5.41) is 21.6. The van der Waals surface area contributed by atoms with Crippen molar-refractivity contribution in [1.29, 1.82) is 0 Å².